The fourth-order valence-electron chi connectivity index (χ4n) is 4.88. The average molecular weight is 345 g/mol. The minimum Gasteiger partial charge on any atom is -0.396 e. The van der Waals surface area contributed by atoms with Gasteiger partial charge in [0.1, 0.15) is 0 Å². The van der Waals surface area contributed by atoms with Crippen LogP contribution in [0.25, 0.3) is 0 Å². The molecular formula is C19H27N3O3. The Hall–Kier alpha value is -1.47. The van der Waals surface area contributed by atoms with E-state index in [9.17, 15) is 9.90 Å². The molecule has 1 aromatic rings. The van der Waals surface area contributed by atoms with Crippen molar-refractivity contribution in [1.82, 2.24) is 14.7 Å². The van der Waals surface area contributed by atoms with E-state index in [1.165, 1.54) is 5.56 Å². The lowest BCUT2D eigenvalue weighted by molar-refractivity contribution is -0.151. The van der Waals surface area contributed by atoms with Crippen molar-refractivity contribution in [1.29, 1.82) is 0 Å². The van der Waals surface area contributed by atoms with E-state index < -0.39 is 0 Å². The maximum Gasteiger partial charge on any atom is 0.224 e. The van der Waals surface area contributed by atoms with Crippen LogP contribution in [-0.4, -0.2) is 87.8 Å². The van der Waals surface area contributed by atoms with Crippen molar-refractivity contribution < 1.29 is 15.0 Å². The summed E-state index contributed by atoms with van der Waals surface area (Å²) in [5.74, 6) is 0.0319. The Labute approximate surface area is 148 Å². The molecule has 1 aromatic carbocycles. The first-order chi connectivity index (χ1) is 12.1. The molecule has 0 bridgehead atoms. The molecule has 2 N–H and O–H groups in total. The largest absolute Gasteiger partial charge is 0.396 e. The van der Waals surface area contributed by atoms with Crippen LogP contribution >= 0.6 is 0 Å². The topological polar surface area (TPSA) is 67.2 Å². The third-order valence-corrected chi connectivity index (χ3v) is 5.88. The van der Waals surface area contributed by atoms with E-state index in [1.54, 1.807) is 0 Å². The van der Waals surface area contributed by atoms with Crippen molar-refractivity contribution in [3.8, 4) is 0 Å². The molecule has 136 valence electrons. The molecule has 2 unspecified atom stereocenters. The zero-order chi connectivity index (χ0) is 17.4. The van der Waals surface area contributed by atoms with Crippen molar-refractivity contribution in [3.63, 3.8) is 0 Å². The van der Waals surface area contributed by atoms with Gasteiger partial charge >= 0.3 is 0 Å². The molecular weight excluding hydrogens is 318 g/mol. The van der Waals surface area contributed by atoms with Gasteiger partial charge < -0.3 is 15.1 Å². The highest BCUT2D eigenvalue weighted by molar-refractivity contribution is 5.76. The molecule has 1 spiro atoms. The molecule has 0 aliphatic carbocycles. The summed E-state index contributed by atoms with van der Waals surface area (Å²) in [6, 6.07) is 10.7. The van der Waals surface area contributed by atoms with Gasteiger partial charge in [0.2, 0.25) is 5.91 Å². The number of amides is 1. The number of aliphatic hydroxyl groups excluding tert-OH is 2. The normalized spacial score (nSPS) is 28.8. The van der Waals surface area contributed by atoms with Crippen LogP contribution in [0.1, 0.15) is 18.4 Å². The number of rotatable bonds is 4. The molecule has 4 rings (SSSR count). The van der Waals surface area contributed by atoms with Crippen LogP contribution in [0.5, 0.6) is 0 Å². The third-order valence-electron chi connectivity index (χ3n) is 5.88. The number of likely N-dealkylation sites (tertiary alicyclic amines) is 1. The van der Waals surface area contributed by atoms with E-state index in [-0.39, 0.29) is 36.6 Å². The molecule has 3 aliphatic rings. The van der Waals surface area contributed by atoms with E-state index in [0.717, 1.165) is 26.1 Å². The number of fused-ring (bicyclic) bond motifs is 2. The van der Waals surface area contributed by atoms with Crippen LogP contribution in [0.15, 0.2) is 30.3 Å². The van der Waals surface area contributed by atoms with Gasteiger partial charge in [-0.3, -0.25) is 14.6 Å². The number of nitrogens with zero attached hydrogens (tertiary/aromatic N) is 3. The molecule has 6 nitrogen and oxygen atoms in total. The molecule has 3 fully saturated rings. The standard InChI is InChI=1S/C19H27N3O3/c23-7-6-18(25)21-10-16-8-17(24)11-22(16)19(14-21)12-20(13-19)9-15-4-2-1-3-5-15/h1-5,16-17,23-24H,6-14H2. The lowest BCUT2D eigenvalue weighted by Crippen LogP contribution is -2.78. The summed E-state index contributed by atoms with van der Waals surface area (Å²) in [6.07, 6.45) is 0.639. The van der Waals surface area contributed by atoms with Gasteiger partial charge in [-0.1, -0.05) is 30.3 Å². The fourth-order valence-corrected chi connectivity index (χ4v) is 4.88. The van der Waals surface area contributed by atoms with Crippen molar-refractivity contribution in [2.24, 2.45) is 0 Å². The number of β-amino-alcohol motifs (C(OH)–C–C–N with tert-alkyl or cyclic N) is 1. The van der Waals surface area contributed by atoms with Crippen LogP contribution < -0.4 is 0 Å². The molecule has 0 radical (unpaired) electrons. The van der Waals surface area contributed by atoms with Gasteiger partial charge in [0.25, 0.3) is 0 Å². The first-order valence-corrected chi connectivity index (χ1v) is 9.19. The molecule has 1 amide bonds. The number of carbonyl (C=O) groups is 1. The summed E-state index contributed by atoms with van der Waals surface area (Å²) >= 11 is 0. The Morgan fingerprint density at radius 1 is 1.16 bits per heavy atom. The summed E-state index contributed by atoms with van der Waals surface area (Å²) in [5.41, 5.74) is 1.26. The third kappa shape index (κ3) is 3.19. The van der Waals surface area contributed by atoms with Gasteiger partial charge in [-0.15, -0.1) is 0 Å². The van der Waals surface area contributed by atoms with Crippen molar-refractivity contribution >= 4 is 5.91 Å². The van der Waals surface area contributed by atoms with Gasteiger partial charge in [-0.2, -0.15) is 0 Å². The van der Waals surface area contributed by atoms with Crippen LogP contribution in [-0.2, 0) is 11.3 Å². The second-order valence-electron chi connectivity index (χ2n) is 7.80. The van der Waals surface area contributed by atoms with Gasteiger partial charge in [0.05, 0.1) is 18.2 Å². The maximum atomic E-state index is 12.3. The smallest absolute Gasteiger partial charge is 0.224 e. The lowest BCUT2D eigenvalue weighted by atomic mass is 9.83. The van der Waals surface area contributed by atoms with Gasteiger partial charge in [0.15, 0.2) is 0 Å². The minimum atomic E-state index is -0.294. The highest BCUT2D eigenvalue weighted by atomic mass is 16.3. The first kappa shape index (κ1) is 17.0. The minimum absolute atomic E-state index is 0.0319. The molecule has 25 heavy (non-hydrogen) atoms. The van der Waals surface area contributed by atoms with Crippen molar-refractivity contribution in [2.75, 3.05) is 39.3 Å². The summed E-state index contributed by atoms with van der Waals surface area (Å²) < 4.78 is 0. The number of aliphatic hydroxyl groups is 2. The van der Waals surface area contributed by atoms with Crippen molar-refractivity contribution in [3.05, 3.63) is 35.9 Å². The SMILES string of the molecule is O=C(CCO)N1CC2CC(O)CN2C2(CN(Cc3ccccc3)C2)C1. The fraction of sp³-hybridized carbons (Fsp3) is 0.632. The Morgan fingerprint density at radius 3 is 2.64 bits per heavy atom. The van der Waals surface area contributed by atoms with Crippen LogP contribution in [0, 0.1) is 0 Å². The van der Waals surface area contributed by atoms with E-state index in [2.05, 4.69) is 34.1 Å². The second kappa shape index (κ2) is 6.68. The molecule has 6 heteroatoms. The van der Waals surface area contributed by atoms with Crippen molar-refractivity contribution in [2.45, 2.75) is 37.1 Å². The Kier molecular flexibility index (Phi) is 4.54. The number of hydrogen-bond donors (Lipinski definition) is 2. The van der Waals surface area contributed by atoms with Gasteiger partial charge in [0, 0.05) is 51.7 Å². The first-order valence-electron chi connectivity index (χ1n) is 9.19. The van der Waals surface area contributed by atoms with E-state index >= 15 is 0 Å². The number of carbonyl (C=O) groups excluding carboxylic acids is 1. The summed E-state index contributed by atoms with van der Waals surface area (Å²) in [5, 5.41) is 19.2. The Bertz CT molecular complexity index is 618. The van der Waals surface area contributed by atoms with Crippen LogP contribution in [0.4, 0.5) is 0 Å². The number of piperazine rings is 1. The number of benzene rings is 1. The monoisotopic (exact) mass is 345 g/mol. The predicted octanol–water partition coefficient (Wildman–Crippen LogP) is -0.0992. The predicted molar refractivity (Wildman–Crippen MR) is 93.9 cm³/mol. The molecule has 0 aromatic heterocycles. The zero-order valence-electron chi connectivity index (χ0n) is 14.5. The van der Waals surface area contributed by atoms with Crippen LogP contribution in [0.2, 0.25) is 0 Å². The molecule has 3 saturated heterocycles. The van der Waals surface area contributed by atoms with E-state index in [0.29, 0.717) is 19.6 Å². The maximum absolute atomic E-state index is 12.3. The number of hydrogen-bond acceptors (Lipinski definition) is 5. The second-order valence-corrected chi connectivity index (χ2v) is 7.80. The lowest BCUT2D eigenvalue weighted by Gasteiger charge is -2.61. The van der Waals surface area contributed by atoms with Gasteiger partial charge in [-0.05, 0) is 12.0 Å². The highest BCUT2D eigenvalue weighted by Gasteiger charge is 2.56. The summed E-state index contributed by atoms with van der Waals surface area (Å²) in [4.78, 5) is 19.1. The van der Waals surface area contributed by atoms with E-state index in [1.807, 2.05) is 11.0 Å². The Morgan fingerprint density at radius 2 is 1.92 bits per heavy atom. The summed E-state index contributed by atoms with van der Waals surface area (Å²) in [7, 11) is 0. The Balaban J connectivity index is 1.46. The zero-order valence-corrected chi connectivity index (χ0v) is 14.5. The molecule has 3 aliphatic heterocycles. The quantitative estimate of drug-likeness (QED) is 0.798. The van der Waals surface area contributed by atoms with Gasteiger partial charge in [-0.25, -0.2) is 0 Å². The molecule has 2 atom stereocenters. The van der Waals surface area contributed by atoms with E-state index in [4.69, 9.17) is 5.11 Å². The van der Waals surface area contributed by atoms with Crippen LogP contribution in [0.3, 0.4) is 0 Å². The highest BCUT2D eigenvalue weighted by Crippen LogP contribution is 2.39. The molecule has 3 heterocycles. The molecule has 0 saturated carbocycles. The average Bonchev–Trinajstić information content (AvgIpc) is 2.95. The summed E-state index contributed by atoms with van der Waals surface area (Å²) in [6.45, 7) is 4.78.